The van der Waals surface area contributed by atoms with E-state index in [9.17, 15) is 14.7 Å². The molecule has 3 fully saturated rings. The first-order valence-electron chi connectivity index (χ1n) is 25.6. The average molecular weight is 802 g/mol. The Kier molecular flexibility index (Phi) is 30.7. The molecule has 6 heteroatoms. The van der Waals surface area contributed by atoms with Gasteiger partial charge in [-0.2, -0.15) is 0 Å². The number of rotatable bonds is 26. The van der Waals surface area contributed by atoms with Gasteiger partial charge in [-0.05, 0) is 126 Å². The summed E-state index contributed by atoms with van der Waals surface area (Å²) >= 11 is 0. The highest BCUT2D eigenvalue weighted by molar-refractivity contribution is 5.69. The Hall–Kier alpha value is -0.980. The van der Waals surface area contributed by atoms with Gasteiger partial charge in [-0.1, -0.05) is 141 Å². The number of fused-ring (bicyclic) bond motifs is 4. The van der Waals surface area contributed by atoms with E-state index in [1.54, 1.807) is 0 Å². The number of aliphatic hydroxyl groups excluding tert-OH is 1. The van der Waals surface area contributed by atoms with Gasteiger partial charge in [-0.15, -0.1) is 0 Å². The average Bonchev–Trinajstić information content (AvgIpc) is 3.23. The van der Waals surface area contributed by atoms with Gasteiger partial charge in [0, 0.05) is 33.1 Å². The van der Waals surface area contributed by atoms with Crippen LogP contribution in [0.2, 0.25) is 0 Å². The summed E-state index contributed by atoms with van der Waals surface area (Å²) in [6.07, 6.45) is 47.5. The number of aldehydes is 1. The zero-order chi connectivity index (χ0) is 40.4. The zero-order valence-corrected chi connectivity index (χ0v) is 37.8. The van der Waals surface area contributed by atoms with Gasteiger partial charge in [0.25, 0.3) is 0 Å². The fourth-order valence-electron chi connectivity index (χ4n) is 11.5. The molecule has 0 aromatic heterocycles. The summed E-state index contributed by atoms with van der Waals surface area (Å²) in [6.45, 7) is 4.63. The van der Waals surface area contributed by atoms with Crippen LogP contribution in [0.15, 0.2) is 0 Å². The van der Waals surface area contributed by atoms with E-state index in [1.165, 1.54) is 173 Å². The first kappa shape index (κ1) is 50.4. The topological polar surface area (TPSA) is 76.1 Å². The molecule has 1 N–H and O–H groups in total. The number of ether oxygens (including phenoxy) is 2. The monoisotopic (exact) mass is 802 g/mol. The van der Waals surface area contributed by atoms with Crippen molar-refractivity contribution in [1.82, 2.24) is 4.90 Å². The van der Waals surface area contributed by atoms with E-state index in [1.807, 2.05) is 7.11 Å². The van der Waals surface area contributed by atoms with Gasteiger partial charge in [-0.3, -0.25) is 4.79 Å². The number of hydrogen-bond acceptors (Lipinski definition) is 6. The van der Waals surface area contributed by atoms with Crippen LogP contribution < -0.4 is 0 Å². The minimum atomic E-state index is 0.00189. The van der Waals surface area contributed by atoms with Crippen molar-refractivity contribution in [1.29, 1.82) is 0 Å². The van der Waals surface area contributed by atoms with Crippen LogP contribution in [-0.2, 0) is 19.1 Å². The van der Waals surface area contributed by atoms with Gasteiger partial charge in [-0.25, -0.2) is 0 Å². The van der Waals surface area contributed by atoms with Crippen molar-refractivity contribution in [3.8, 4) is 0 Å². The lowest BCUT2D eigenvalue weighted by Gasteiger charge is -2.54. The number of esters is 1. The van der Waals surface area contributed by atoms with Crippen molar-refractivity contribution in [2.75, 3.05) is 46.6 Å². The maximum Gasteiger partial charge on any atom is 0.305 e. The van der Waals surface area contributed by atoms with Gasteiger partial charge in [0.15, 0.2) is 0 Å². The van der Waals surface area contributed by atoms with Crippen LogP contribution in [0.1, 0.15) is 231 Å². The lowest BCUT2D eigenvalue weighted by molar-refractivity contribution is -0.144. The molecule has 0 saturated heterocycles. The van der Waals surface area contributed by atoms with E-state index in [0.717, 1.165) is 113 Å². The summed E-state index contributed by atoms with van der Waals surface area (Å²) in [6, 6.07) is 0. The lowest BCUT2D eigenvalue weighted by atomic mass is 9.51. The van der Waals surface area contributed by atoms with E-state index in [4.69, 9.17) is 9.47 Å². The Morgan fingerprint density at radius 2 is 0.947 bits per heavy atom. The second kappa shape index (κ2) is 34.7. The second-order valence-electron chi connectivity index (χ2n) is 19.2. The highest BCUT2D eigenvalue weighted by atomic mass is 16.5. The van der Waals surface area contributed by atoms with Crippen LogP contribution in [-0.4, -0.2) is 68.8 Å². The molecule has 0 aromatic rings. The lowest BCUT2D eigenvalue weighted by Crippen LogP contribution is -2.46. The molecule has 0 aliphatic heterocycles. The molecular formula is C51H95NO5. The molecular weight excluding hydrogens is 707 g/mol. The van der Waals surface area contributed by atoms with Crippen LogP contribution in [0.5, 0.6) is 0 Å². The Labute approximate surface area is 353 Å². The molecule has 4 unspecified atom stereocenters. The Morgan fingerprint density at radius 3 is 1.40 bits per heavy atom. The molecule has 3 rings (SSSR count). The molecule has 3 saturated carbocycles. The van der Waals surface area contributed by atoms with E-state index in [-0.39, 0.29) is 12.6 Å². The molecule has 3 aliphatic rings. The number of aliphatic hydroxyl groups is 1. The third-order valence-electron chi connectivity index (χ3n) is 14.8. The number of carbonyl (C=O) groups is 2. The Bertz CT molecular complexity index is 909. The smallest absolute Gasteiger partial charge is 0.305 e. The molecule has 0 aromatic carbocycles. The van der Waals surface area contributed by atoms with Crippen LogP contribution >= 0.6 is 0 Å². The number of methoxy groups -OCH3 is 1. The van der Waals surface area contributed by atoms with Crippen LogP contribution in [0.4, 0.5) is 0 Å². The van der Waals surface area contributed by atoms with Gasteiger partial charge in [0.1, 0.15) is 6.29 Å². The van der Waals surface area contributed by atoms with Crippen molar-refractivity contribution in [2.45, 2.75) is 231 Å². The largest absolute Gasteiger partial charge is 0.466 e. The van der Waals surface area contributed by atoms with Crippen LogP contribution in [0, 0.1) is 35.5 Å². The van der Waals surface area contributed by atoms with Crippen LogP contribution in [0.3, 0.4) is 0 Å². The number of unbranched alkanes of at least 4 members (excludes halogenated alkanes) is 9. The Balaban J connectivity index is 1.24. The molecule has 57 heavy (non-hydrogen) atoms. The standard InChI is InChI=1S/C51H95NO5/c1-56-43-25-31-45-27-13-9-17-33-47-48(34-18-10-14-28-45)50-36-20-12-16-30-46(29-15-11-19-35-49(47)50)32-26-44-57-51(55)37-21-5-4-7-23-39-52(40-42-54)38-22-6-2-3-8-24-41-53/h41,45-50,54H,2-40,42-44H2,1H3. The van der Waals surface area contributed by atoms with Gasteiger partial charge < -0.3 is 24.3 Å². The van der Waals surface area contributed by atoms with Crippen molar-refractivity contribution in [3.63, 3.8) is 0 Å². The highest BCUT2D eigenvalue weighted by Gasteiger charge is 2.47. The summed E-state index contributed by atoms with van der Waals surface area (Å²) in [5, 5.41) is 9.46. The maximum absolute atomic E-state index is 12.5. The number of nitrogens with zero attached hydrogens (tertiary/aromatic N) is 1. The van der Waals surface area contributed by atoms with Crippen molar-refractivity contribution < 1.29 is 24.2 Å². The SMILES string of the molecule is COCCCC1CCCCCC2C(CCCCC1)C1CCCCCC(CCCOC(=O)CCCCCCCN(CCO)CCCCCCCC=O)CCCCCC21. The summed E-state index contributed by atoms with van der Waals surface area (Å²) in [4.78, 5) is 25.3. The number of carbonyl (C=O) groups excluding carboxylic acids is 2. The summed E-state index contributed by atoms with van der Waals surface area (Å²) in [7, 11) is 1.85. The van der Waals surface area contributed by atoms with Crippen LogP contribution in [0.25, 0.3) is 0 Å². The minimum absolute atomic E-state index is 0.00189. The Morgan fingerprint density at radius 1 is 0.526 bits per heavy atom. The second-order valence-corrected chi connectivity index (χ2v) is 19.2. The van der Waals surface area contributed by atoms with E-state index < -0.39 is 0 Å². The maximum atomic E-state index is 12.5. The summed E-state index contributed by atoms with van der Waals surface area (Å²) in [5.74, 6) is 5.87. The molecule has 3 aliphatic carbocycles. The zero-order valence-electron chi connectivity index (χ0n) is 37.8. The molecule has 0 spiro atoms. The third kappa shape index (κ3) is 23.6. The summed E-state index contributed by atoms with van der Waals surface area (Å²) < 4.78 is 11.1. The highest BCUT2D eigenvalue weighted by Crippen LogP contribution is 2.55. The fourth-order valence-corrected chi connectivity index (χ4v) is 11.5. The summed E-state index contributed by atoms with van der Waals surface area (Å²) in [5.41, 5.74) is 0. The first-order chi connectivity index (χ1) is 28.2. The molecule has 0 heterocycles. The third-order valence-corrected chi connectivity index (χ3v) is 14.8. The first-order valence-corrected chi connectivity index (χ1v) is 25.6. The van der Waals surface area contributed by atoms with Gasteiger partial charge >= 0.3 is 5.97 Å². The van der Waals surface area contributed by atoms with E-state index in [0.29, 0.717) is 19.4 Å². The van der Waals surface area contributed by atoms with E-state index in [2.05, 4.69) is 4.90 Å². The fraction of sp³-hybridized carbons (Fsp3) is 0.961. The van der Waals surface area contributed by atoms with E-state index >= 15 is 0 Å². The van der Waals surface area contributed by atoms with Crippen molar-refractivity contribution in [2.24, 2.45) is 35.5 Å². The molecule has 0 amide bonds. The normalized spacial score (nSPS) is 25.9. The van der Waals surface area contributed by atoms with Gasteiger partial charge in [0.05, 0.1) is 13.2 Å². The van der Waals surface area contributed by atoms with Crippen molar-refractivity contribution >= 4 is 12.3 Å². The predicted molar refractivity (Wildman–Crippen MR) is 240 cm³/mol. The number of hydrogen-bond donors (Lipinski definition) is 1. The quantitative estimate of drug-likeness (QED) is 0.0533. The predicted octanol–water partition coefficient (Wildman–Crippen LogP) is 13.5. The molecule has 0 bridgehead atoms. The molecule has 334 valence electrons. The van der Waals surface area contributed by atoms with Crippen molar-refractivity contribution in [3.05, 3.63) is 0 Å². The van der Waals surface area contributed by atoms with Gasteiger partial charge in [0.2, 0.25) is 0 Å². The molecule has 6 nitrogen and oxygen atoms in total. The molecule has 4 atom stereocenters. The minimum Gasteiger partial charge on any atom is -0.466 e. The molecule has 0 radical (unpaired) electrons.